The fraction of sp³-hybridized carbons (Fsp3) is 0.333. The lowest BCUT2D eigenvalue weighted by atomic mass is 10.1. The number of likely N-dealkylation sites (N-methyl/N-ethyl adjacent to an activating group) is 1. The van der Waals surface area contributed by atoms with Gasteiger partial charge in [0.05, 0.1) is 7.11 Å². The van der Waals surface area contributed by atoms with Crippen LogP contribution in [0.1, 0.15) is 18.1 Å². The van der Waals surface area contributed by atoms with Crippen molar-refractivity contribution >= 4 is 11.8 Å². The molecule has 0 aliphatic carbocycles. The third-order valence-corrected chi connectivity index (χ3v) is 4.44. The summed E-state index contributed by atoms with van der Waals surface area (Å²) in [5.74, 6) is 0.529. The van der Waals surface area contributed by atoms with E-state index < -0.39 is 6.04 Å². The van der Waals surface area contributed by atoms with Gasteiger partial charge < -0.3 is 19.7 Å². The third kappa shape index (κ3) is 5.23. The van der Waals surface area contributed by atoms with Gasteiger partial charge in [-0.1, -0.05) is 36.4 Å². The van der Waals surface area contributed by atoms with E-state index in [0.717, 1.165) is 11.1 Å². The second kappa shape index (κ2) is 9.62. The number of hydrogen-bond donors (Lipinski definition) is 1. The Morgan fingerprint density at radius 1 is 1.07 bits per heavy atom. The van der Waals surface area contributed by atoms with Gasteiger partial charge in [0.15, 0.2) is 18.1 Å². The van der Waals surface area contributed by atoms with Gasteiger partial charge in [0.25, 0.3) is 5.91 Å². The van der Waals surface area contributed by atoms with E-state index in [1.165, 1.54) is 4.90 Å². The molecule has 6 heteroatoms. The van der Waals surface area contributed by atoms with Crippen molar-refractivity contribution in [3.63, 3.8) is 0 Å². The molecule has 0 aliphatic heterocycles. The molecule has 2 aromatic rings. The van der Waals surface area contributed by atoms with Crippen LogP contribution in [0.5, 0.6) is 11.5 Å². The van der Waals surface area contributed by atoms with Crippen LogP contribution in [0.4, 0.5) is 0 Å². The average Bonchev–Trinajstić information content (AvgIpc) is 2.70. The maximum Gasteiger partial charge on any atom is 0.261 e. The summed E-state index contributed by atoms with van der Waals surface area (Å²) in [6.07, 6.45) is 0. The minimum Gasteiger partial charge on any atom is -0.493 e. The molecule has 0 heterocycles. The molecule has 144 valence electrons. The molecule has 0 bridgehead atoms. The summed E-state index contributed by atoms with van der Waals surface area (Å²) in [5, 5.41) is 2.60. The zero-order chi connectivity index (χ0) is 19.8. The third-order valence-electron chi connectivity index (χ3n) is 4.44. The molecule has 2 aromatic carbocycles. The van der Waals surface area contributed by atoms with Crippen LogP contribution >= 0.6 is 0 Å². The highest BCUT2D eigenvalue weighted by atomic mass is 16.5. The zero-order valence-electron chi connectivity index (χ0n) is 16.2. The normalized spacial score (nSPS) is 11.4. The Bertz CT molecular complexity index is 791. The lowest BCUT2D eigenvalue weighted by molar-refractivity contribution is -0.142. The van der Waals surface area contributed by atoms with Crippen molar-refractivity contribution in [2.45, 2.75) is 26.4 Å². The fourth-order valence-electron chi connectivity index (χ4n) is 2.72. The molecule has 0 aliphatic rings. The predicted octanol–water partition coefficient (Wildman–Crippen LogP) is 2.55. The smallest absolute Gasteiger partial charge is 0.261 e. The van der Waals surface area contributed by atoms with Crippen LogP contribution in [-0.2, 0) is 16.1 Å². The van der Waals surface area contributed by atoms with Gasteiger partial charge in [-0.15, -0.1) is 0 Å². The number of aryl methyl sites for hydroxylation is 1. The van der Waals surface area contributed by atoms with Gasteiger partial charge in [0.2, 0.25) is 5.91 Å². The number of hydrogen-bond acceptors (Lipinski definition) is 4. The molecule has 27 heavy (non-hydrogen) atoms. The maximum atomic E-state index is 12.9. The number of methoxy groups -OCH3 is 1. The van der Waals surface area contributed by atoms with Crippen LogP contribution in [-0.4, -0.2) is 43.5 Å². The van der Waals surface area contributed by atoms with E-state index >= 15 is 0 Å². The van der Waals surface area contributed by atoms with Gasteiger partial charge in [-0.3, -0.25) is 9.59 Å². The van der Waals surface area contributed by atoms with Crippen molar-refractivity contribution in [2.24, 2.45) is 0 Å². The largest absolute Gasteiger partial charge is 0.493 e. The van der Waals surface area contributed by atoms with Gasteiger partial charge in [0, 0.05) is 13.6 Å². The summed E-state index contributed by atoms with van der Waals surface area (Å²) >= 11 is 0. The number of rotatable bonds is 8. The molecule has 0 aromatic heterocycles. The van der Waals surface area contributed by atoms with Crippen LogP contribution in [0.2, 0.25) is 0 Å². The summed E-state index contributed by atoms with van der Waals surface area (Å²) in [4.78, 5) is 26.5. The number of carbonyl (C=O) groups is 2. The van der Waals surface area contributed by atoms with Crippen LogP contribution in [0.25, 0.3) is 0 Å². The monoisotopic (exact) mass is 370 g/mol. The van der Waals surface area contributed by atoms with Crippen molar-refractivity contribution in [1.82, 2.24) is 10.2 Å². The minimum atomic E-state index is -0.622. The number of para-hydroxylation sites is 2. The van der Waals surface area contributed by atoms with Crippen molar-refractivity contribution < 1.29 is 19.1 Å². The number of nitrogens with one attached hydrogen (secondary N) is 1. The highest BCUT2D eigenvalue weighted by molar-refractivity contribution is 5.87. The summed E-state index contributed by atoms with van der Waals surface area (Å²) in [7, 11) is 3.10. The van der Waals surface area contributed by atoms with Gasteiger partial charge in [-0.2, -0.15) is 0 Å². The predicted molar refractivity (Wildman–Crippen MR) is 104 cm³/mol. The Hall–Kier alpha value is -3.02. The number of nitrogens with zero attached hydrogens (tertiary/aromatic N) is 1. The molecule has 1 atom stereocenters. The van der Waals surface area contributed by atoms with Crippen LogP contribution < -0.4 is 14.8 Å². The standard InChI is InChI=1S/C21H26N2O4/c1-15-9-5-6-10-17(15)13-23(16(2)21(25)22-3)20(24)14-27-19-12-8-7-11-18(19)26-4/h5-12,16H,13-14H2,1-4H3,(H,22,25)/t16-/m0/s1. The molecule has 0 saturated heterocycles. The lowest BCUT2D eigenvalue weighted by Crippen LogP contribution is -2.48. The second-order valence-electron chi connectivity index (χ2n) is 6.18. The van der Waals surface area contributed by atoms with Crippen molar-refractivity contribution in [1.29, 1.82) is 0 Å². The average molecular weight is 370 g/mol. The van der Waals surface area contributed by atoms with Crippen molar-refractivity contribution in [3.05, 3.63) is 59.7 Å². The maximum absolute atomic E-state index is 12.9. The molecular weight excluding hydrogens is 344 g/mol. The van der Waals surface area contributed by atoms with Crippen molar-refractivity contribution in [2.75, 3.05) is 20.8 Å². The Balaban J connectivity index is 2.17. The molecule has 2 rings (SSSR count). The van der Waals surface area contributed by atoms with Gasteiger partial charge in [0.1, 0.15) is 6.04 Å². The number of amides is 2. The fourth-order valence-corrected chi connectivity index (χ4v) is 2.72. The van der Waals surface area contributed by atoms with Crippen LogP contribution in [0, 0.1) is 6.92 Å². The first-order valence-corrected chi connectivity index (χ1v) is 8.79. The SMILES string of the molecule is CNC(=O)[C@H](C)N(Cc1ccccc1C)C(=O)COc1ccccc1OC. The van der Waals surface area contributed by atoms with E-state index in [0.29, 0.717) is 18.0 Å². The Morgan fingerprint density at radius 3 is 2.33 bits per heavy atom. The van der Waals surface area contributed by atoms with E-state index in [1.54, 1.807) is 39.3 Å². The minimum absolute atomic E-state index is 0.187. The molecule has 0 spiro atoms. The van der Waals surface area contributed by atoms with Gasteiger partial charge in [-0.05, 0) is 37.1 Å². The summed E-state index contributed by atoms with van der Waals surface area (Å²) < 4.78 is 10.9. The first-order chi connectivity index (χ1) is 13.0. The second-order valence-corrected chi connectivity index (χ2v) is 6.18. The number of benzene rings is 2. The van der Waals surface area contributed by atoms with E-state index in [9.17, 15) is 9.59 Å². The van der Waals surface area contributed by atoms with E-state index in [-0.39, 0.29) is 18.4 Å². The molecule has 0 fully saturated rings. The van der Waals surface area contributed by atoms with E-state index in [1.807, 2.05) is 37.3 Å². The summed E-state index contributed by atoms with van der Waals surface area (Å²) in [6, 6.07) is 14.3. The molecule has 2 amide bonds. The zero-order valence-corrected chi connectivity index (χ0v) is 16.2. The van der Waals surface area contributed by atoms with E-state index in [2.05, 4.69) is 5.32 Å². The lowest BCUT2D eigenvalue weighted by Gasteiger charge is -2.29. The Labute approximate surface area is 160 Å². The first-order valence-electron chi connectivity index (χ1n) is 8.79. The molecule has 6 nitrogen and oxygen atoms in total. The first kappa shape index (κ1) is 20.3. The van der Waals surface area contributed by atoms with Gasteiger partial charge in [-0.25, -0.2) is 0 Å². The van der Waals surface area contributed by atoms with Crippen LogP contribution in [0.15, 0.2) is 48.5 Å². The molecule has 1 N–H and O–H groups in total. The quantitative estimate of drug-likeness (QED) is 0.775. The Morgan fingerprint density at radius 2 is 1.70 bits per heavy atom. The molecule has 0 unspecified atom stereocenters. The molecule has 0 saturated carbocycles. The number of ether oxygens (including phenoxy) is 2. The van der Waals surface area contributed by atoms with Crippen LogP contribution in [0.3, 0.4) is 0 Å². The van der Waals surface area contributed by atoms with Gasteiger partial charge >= 0.3 is 0 Å². The summed E-state index contributed by atoms with van der Waals surface area (Å²) in [6.45, 7) is 3.83. The van der Waals surface area contributed by atoms with E-state index in [4.69, 9.17) is 9.47 Å². The topological polar surface area (TPSA) is 67.9 Å². The molecule has 0 radical (unpaired) electrons. The summed E-state index contributed by atoms with van der Waals surface area (Å²) in [5.41, 5.74) is 2.05. The highest BCUT2D eigenvalue weighted by Crippen LogP contribution is 2.26. The highest BCUT2D eigenvalue weighted by Gasteiger charge is 2.26. The number of carbonyl (C=O) groups excluding carboxylic acids is 2. The molecular formula is C21H26N2O4. The van der Waals surface area contributed by atoms with Crippen molar-refractivity contribution in [3.8, 4) is 11.5 Å². The Kier molecular flexibility index (Phi) is 7.23.